The zero-order valence-corrected chi connectivity index (χ0v) is 7.86. The third-order valence-electron chi connectivity index (χ3n) is 1.74. The predicted molar refractivity (Wildman–Crippen MR) is 52.2 cm³/mol. The topological polar surface area (TPSA) is 72.2 Å². The van der Waals surface area contributed by atoms with Crippen molar-refractivity contribution in [2.45, 2.75) is 13.0 Å². The molecule has 0 radical (unpaired) electrons. The molecule has 74 valence electrons. The highest BCUT2D eigenvalue weighted by Crippen LogP contribution is 2.08. The van der Waals surface area contributed by atoms with Crippen LogP contribution >= 0.6 is 0 Å². The lowest BCUT2D eigenvalue weighted by Crippen LogP contribution is -2.36. The van der Waals surface area contributed by atoms with Crippen LogP contribution in [0, 0.1) is 0 Å². The van der Waals surface area contributed by atoms with Crippen LogP contribution in [0.15, 0.2) is 30.3 Å². The highest BCUT2D eigenvalue weighted by Gasteiger charge is 2.15. The van der Waals surface area contributed by atoms with Gasteiger partial charge in [0.05, 0.1) is 0 Å². The minimum absolute atomic E-state index is 0.401. The van der Waals surface area contributed by atoms with Gasteiger partial charge in [0, 0.05) is 6.92 Å². The fourth-order valence-electron chi connectivity index (χ4n) is 1.06. The molecule has 0 fully saturated rings. The summed E-state index contributed by atoms with van der Waals surface area (Å²) in [6.45, 7) is 1.27. The first kappa shape index (κ1) is 10.4. The molecule has 0 spiro atoms. The average molecular weight is 192 g/mol. The molecule has 1 aromatic rings. The Kier molecular flexibility index (Phi) is 3.36. The van der Waals surface area contributed by atoms with Crippen molar-refractivity contribution < 1.29 is 9.59 Å². The van der Waals surface area contributed by atoms with E-state index in [0.717, 1.165) is 0 Å². The molecule has 1 unspecified atom stereocenters. The van der Waals surface area contributed by atoms with Crippen molar-refractivity contribution >= 4 is 11.8 Å². The Morgan fingerprint density at radius 2 is 1.86 bits per heavy atom. The van der Waals surface area contributed by atoms with Crippen molar-refractivity contribution in [3.05, 3.63) is 35.9 Å². The van der Waals surface area contributed by atoms with Gasteiger partial charge in [-0.2, -0.15) is 0 Å². The highest BCUT2D eigenvalue weighted by atomic mass is 16.2. The minimum Gasteiger partial charge on any atom is -0.316 e. The van der Waals surface area contributed by atoms with E-state index in [1.54, 1.807) is 24.3 Å². The number of carbonyl (C=O) groups is 2. The van der Waals surface area contributed by atoms with E-state index in [-0.39, 0.29) is 0 Å². The lowest BCUT2D eigenvalue weighted by atomic mass is 10.1. The average Bonchev–Trinajstić information content (AvgIpc) is 2.17. The SMILES string of the molecule is CC(=O)NC(=O)C(N)c1ccccc1. The number of rotatable bonds is 2. The van der Waals surface area contributed by atoms with E-state index >= 15 is 0 Å². The Balaban J connectivity index is 2.71. The summed E-state index contributed by atoms with van der Waals surface area (Å²) in [5.74, 6) is -0.884. The minimum atomic E-state index is -0.792. The van der Waals surface area contributed by atoms with E-state index in [9.17, 15) is 9.59 Å². The molecule has 0 bridgehead atoms. The number of benzene rings is 1. The zero-order valence-electron chi connectivity index (χ0n) is 7.86. The van der Waals surface area contributed by atoms with Gasteiger partial charge >= 0.3 is 0 Å². The smallest absolute Gasteiger partial charge is 0.248 e. The van der Waals surface area contributed by atoms with E-state index in [1.807, 2.05) is 6.07 Å². The number of hydrogen-bond donors (Lipinski definition) is 2. The fourth-order valence-corrected chi connectivity index (χ4v) is 1.06. The van der Waals surface area contributed by atoms with Gasteiger partial charge in [0.25, 0.3) is 0 Å². The molecule has 0 aromatic heterocycles. The number of amides is 2. The molecule has 1 rings (SSSR count). The highest BCUT2D eigenvalue weighted by molar-refractivity contribution is 5.97. The van der Waals surface area contributed by atoms with Gasteiger partial charge in [-0.15, -0.1) is 0 Å². The normalized spacial score (nSPS) is 11.9. The number of imide groups is 1. The van der Waals surface area contributed by atoms with Gasteiger partial charge < -0.3 is 5.73 Å². The number of carbonyl (C=O) groups excluding carboxylic acids is 2. The number of nitrogens with one attached hydrogen (secondary N) is 1. The first-order chi connectivity index (χ1) is 6.61. The second kappa shape index (κ2) is 4.53. The van der Waals surface area contributed by atoms with Gasteiger partial charge in [-0.25, -0.2) is 0 Å². The molecular formula is C10H12N2O2. The van der Waals surface area contributed by atoms with Gasteiger partial charge in [0.1, 0.15) is 6.04 Å². The van der Waals surface area contributed by atoms with Crippen LogP contribution in [0.3, 0.4) is 0 Å². The van der Waals surface area contributed by atoms with Crippen molar-refractivity contribution in [3.8, 4) is 0 Å². The second-order valence-electron chi connectivity index (χ2n) is 2.93. The molecule has 1 aromatic carbocycles. The van der Waals surface area contributed by atoms with E-state index in [4.69, 9.17) is 5.73 Å². The van der Waals surface area contributed by atoms with Gasteiger partial charge in [-0.05, 0) is 5.56 Å². The molecule has 1 atom stereocenters. The summed E-state index contributed by atoms with van der Waals surface area (Å²) < 4.78 is 0. The Hall–Kier alpha value is -1.68. The molecule has 14 heavy (non-hydrogen) atoms. The molecule has 0 saturated heterocycles. The largest absolute Gasteiger partial charge is 0.316 e. The van der Waals surface area contributed by atoms with E-state index < -0.39 is 17.9 Å². The quantitative estimate of drug-likeness (QED) is 0.710. The van der Waals surface area contributed by atoms with Crippen LogP contribution in [0.5, 0.6) is 0 Å². The second-order valence-corrected chi connectivity index (χ2v) is 2.93. The summed E-state index contributed by atoms with van der Waals surface area (Å²) in [6, 6.07) is 8.10. The van der Waals surface area contributed by atoms with E-state index in [2.05, 4.69) is 5.32 Å². The Bertz CT molecular complexity index is 335. The Labute approximate surface area is 82.1 Å². The van der Waals surface area contributed by atoms with Crippen LogP contribution in [-0.4, -0.2) is 11.8 Å². The number of nitrogens with two attached hydrogens (primary N) is 1. The Morgan fingerprint density at radius 1 is 1.29 bits per heavy atom. The van der Waals surface area contributed by atoms with Crippen LogP contribution < -0.4 is 11.1 Å². The van der Waals surface area contributed by atoms with Crippen LogP contribution in [0.4, 0.5) is 0 Å². The summed E-state index contributed by atoms with van der Waals surface area (Å²) in [5.41, 5.74) is 6.31. The van der Waals surface area contributed by atoms with Crippen LogP contribution in [0.25, 0.3) is 0 Å². The zero-order chi connectivity index (χ0) is 10.6. The molecule has 4 nitrogen and oxygen atoms in total. The molecular weight excluding hydrogens is 180 g/mol. The van der Waals surface area contributed by atoms with E-state index in [0.29, 0.717) is 5.56 Å². The molecule has 0 aliphatic heterocycles. The summed E-state index contributed by atoms with van der Waals surface area (Å²) in [4.78, 5) is 21.9. The predicted octanol–water partition coefficient (Wildman–Crippen LogP) is 0.349. The van der Waals surface area contributed by atoms with Gasteiger partial charge in [0.2, 0.25) is 11.8 Å². The maximum Gasteiger partial charge on any atom is 0.248 e. The maximum atomic E-state index is 11.3. The molecule has 4 heteroatoms. The lowest BCUT2D eigenvalue weighted by molar-refractivity contribution is -0.130. The van der Waals surface area contributed by atoms with Crippen molar-refractivity contribution in [1.82, 2.24) is 5.32 Å². The van der Waals surface area contributed by atoms with Crippen LogP contribution in [0.1, 0.15) is 18.5 Å². The first-order valence-corrected chi connectivity index (χ1v) is 4.23. The lowest BCUT2D eigenvalue weighted by Gasteiger charge is -2.10. The fraction of sp³-hybridized carbons (Fsp3) is 0.200. The summed E-state index contributed by atoms with van der Waals surface area (Å²) in [6.07, 6.45) is 0. The third kappa shape index (κ3) is 2.67. The molecule has 0 aliphatic carbocycles. The summed E-state index contributed by atoms with van der Waals surface area (Å²) in [7, 11) is 0. The summed E-state index contributed by atoms with van der Waals surface area (Å²) in [5, 5.41) is 2.14. The first-order valence-electron chi connectivity index (χ1n) is 4.23. The summed E-state index contributed by atoms with van der Waals surface area (Å²) >= 11 is 0. The molecule has 3 N–H and O–H groups in total. The van der Waals surface area contributed by atoms with Gasteiger partial charge in [0.15, 0.2) is 0 Å². The van der Waals surface area contributed by atoms with Crippen molar-refractivity contribution in [2.75, 3.05) is 0 Å². The van der Waals surface area contributed by atoms with Crippen molar-refractivity contribution in [1.29, 1.82) is 0 Å². The molecule has 0 saturated carbocycles. The standard InChI is InChI=1S/C10H12N2O2/c1-7(13)12-10(14)9(11)8-5-3-2-4-6-8/h2-6,9H,11H2,1H3,(H,12,13,14). The van der Waals surface area contributed by atoms with E-state index in [1.165, 1.54) is 6.92 Å². The van der Waals surface area contributed by atoms with Crippen LogP contribution in [0.2, 0.25) is 0 Å². The third-order valence-corrected chi connectivity index (χ3v) is 1.74. The Morgan fingerprint density at radius 3 is 2.36 bits per heavy atom. The number of hydrogen-bond acceptors (Lipinski definition) is 3. The van der Waals surface area contributed by atoms with Crippen molar-refractivity contribution in [2.24, 2.45) is 5.73 Å². The van der Waals surface area contributed by atoms with Gasteiger partial charge in [-0.3, -0.25) is 14.9 Å². The molecule has 2 amide bonds. The molecule has 0 aliphatic rings. The van der Waals surface area contributed by atoms with Gasteiger partial charge in [-0.1, -0.05) is 30.3 Å². The van der Waals surface area contributed by atoms with Crippen molar-refractivity contribution in [3.63, 3.8) is 0 Å². The molecule has 0 heterocycles. The maximum absolute atomic E-state index is 11.3. The van der Waals surface area contributed by atoms with Crippen LogP contribution in [-0.2, 0) is 9.59 Å². The monoisotopic (exact) mass is 192 g/mol.